The largest absolute Gasteiger partial charge is 0.383 e. The van der Waals surface area contributed by atoms with Gasteiger partial charge in [0.05, 0.1) is 29.3 Å². The third-order valence-electron chi connectivity index (χ3n) is 5.65. The van der Waals surface area contributed by atoms with E-state index in [2.05, 4.69) is 11.5 Å². The number of thioether (sulfide) groups is 1. The van der Waals surface area contributed by atoms with E-state index < -0.39 is 0 Å². The lowest BCUT2D eigenvalue weighted by Crippen LogP contribution is -2.23. The zero-order chi connectivity index (χ0) is 21.4. The first-order valence-corrected chi connectivity index (χ1v) is 11.3. The number of hydrogen-bond donors (Lipinski definition) is 0. The minimum atomic E-state index is -0.00961. The Morgan fingerprint density at radius 2 is 2.03 bits per heavy atom. The minimum absolute atomic E-state index is 0.00961. The molecule has 2 aromatic heterocycles. The highest BCUT2D eigenvalue weighted by atomic mass is 32.2. The number of methoxy groups -OCH3 is 1. The highest BCUT2D eigenvalue weighted by Crippen LogP contribution is 2.37. The normalized spacial score (nSPS) is 14.9. The number of aromatic nitrogens is 3. The Morgan fingerprint density at radius 1 is 1.30 bits per heavy atom. The monoisotopic (exact) mass is 425 g/mol. The molecule has 0 spiro atoms. The Hall–Kier alpha value is -2.38. The van der Waals surface area contributed by atoms with Crippen molar-refractivity contribution in [2.45, 2.75) is 50.9 Å². The zero-order valence-electron chi connectivity index (χ0n) is 17.8. The summed E-state index contributed by atoms with van der Waals surface area (Å²) in [4.78, 5) is 30.8. The molecule has 1 aliphatic carbocycles. The van der Waals surface area contributed by atoms with Crippen molar-refractivity contribution in [3.8, 4) is 0 Å². The summed E-state index contributed by atoms with van der Waals surface area (Å²) in [7, 11) is 1.68. The summed E-state index contributed by atoms with van der Waals surface area (Å²) in [5, 5.41) is 1.27. The number of ketones is 1. The van der Waals surface area contributed by atoms with Gasteiger partial charge in [0.2, 0.25) is 0 Å². The number of para-hydroxylation sites is 1. The van der Waals surface area contributed by atoms with Gasteiger partial charge in [0.15, 0.2) is 10.9 Å². The molecule has 1 saturated carbocycles. The highest BCUT2D eigenvalue weighted by molar-refractivity contribution is 7.99. The van der Waals surface area contributed by atoms with Crippen LogP contribution in [0.25, 0.3) is 10.9 Å². The molecule has 0 bridgehead atoms. The maximum atomic E-state index is 13.0. The molecule has 7 heteroatoms. The van der Waals surface area contributed by atoms with E-state index in [0.29, 0.717) is 22.7 Å². The molecule has 1 atom stereocenters. The molecular formula is C23H27N3O3S. The van der Waals surface area contributed by atoms with Crippen LogP contribution in [0.1, 0.15) is 53.6 Å². The van der Waals surface area contributed by atoms with E-state index in [0.717, 1.165) is 29.8 Å². The summed E-state index contributed by atoms with van der Waals surface area (Å²) in [5.41, 5.74) is 3.40. The molecule has 0 saturated heterocycles. The Morgan fingerprint density at radius 3 is 2.73 bits per heavy atom. The van der Waals surface area contributed by atoms with Gasteiger partial charge in [-0.05, 0) is 51.8 Å². The SMILES string of the molecule is COC[C@H](C)n1c(C)cc(C(=O)CSc2nc3ccccc3c(=O)n2C2CC2)c1C. The zero-order valence-corrected chi connectivity index (χ0v) is 18.7. The van der Waals surface area contributed by atoms with Crippen LogP contribution in [-0.4, -0.2) is 39.4 Å². The van der Waals surface area contributed by atoms with Gasteiger partial charge in [-0.15, -0.1) is 0 Å². The fourth-order valence-electron chi connectivity index (χ4n) is 4.14. The fourth-order valence-corrected chi connectivity index (χ4v) is 5.09. The maximum absolute atomic E-state index is 13.0. The Kier molecular flexibility index (Phi) is 5.84. The van der Waals surface area contributed by atoms with Crippen LogP contribution in [0.15, 0.2) is 40.3 Å². The number of fused-ring (bicyclic) bond motifs is 1. The second-order valence-electron chi connectivity index (χ2n) is 7.99. The second-order valence-corrected chi connectivity index (χ2v) is 8.93. The van der Waals surface area contributed by atoms with Crippen LogP contribution in [0.3, 0.4) is 0 Å². The molecule has 4 rings (SSSR count). The lowest BCUT2D eigenvalue weighted by atomic mass is 10.2. The van der Waals surface area contributed by atoms with Crippen LogP contribution in [0.4, 0.5) is 0 Å². The van der Waals surface area contributed by atoms with Gasteiger partial charge in [-0.2, -0.15) is 0 Å². The van der Waals surface area contributed by atoms with Gasteiger partial charge in [0.1, 0.15) is 0 Å². The lowest BCUT2D eigenvalue weighted by Gasteiger charge is -2.17. The van der Waals surface area contributed by atoms with Crippen molar-refractivity contribution in [2.24, 2.45) is 0 Å². The summed E-state index contributed by atoms with van der Waals surface area (Å²) in [6, 6.07) is 9.72. The summed E-state index contributed by atoms with van der Waals surface area (Å²) in [6.07, 6.45) is 1.97. The Labute approximate surface area is 180 Å². The first-order valence-electron chi connectivity index (χ1n) is 10.3. The molecule has 0 amide bonds. The van der Waals surface area contributed by atoms with E-state index in [1.807, 2.05) is 44.2 Å². The number of carbonyl (C=O) groups excluding carboxylic acids is 1. The van der Waals surface area contributed by atoms with Crippen LogP contribution in [-0.2, 0) is 4.74 Å². The molecule has 3 aromatic rings. The van der Waals surface area contributed by atoms with Crippen molar-refractivity contribution in [1.82, 2.24) is 14.1 Å². The molecule has 1 aliphatic rings. The molecule has 0 aliphatic heterocycles. The van der Waals surface area contributed by atoms with Gasteiger partial charge in [0.25, 0.3) is 5.56 Å². The summed E-state index contributed by atoms with van der Waals surface area (Å²) < 4.78 is 9.21. The van der Waals surface area contributed by atoms with Gasteiger partial charge in [-0.3, -0.25) is 14.2 Å². The molecule has 1 fully saturated rings. The maximum Gasteiger partial charge on any atom is 0.262 e. The molecule has 0 radical (unpaired) electrons. The van der Waals surface area contributed by atoms with Crippen LogP contribution >= 0.6 is 11.8 Å². The first kappa shape index (κ1) is 20.9. The Balaban J connectivity index is 1.61. The van der Waals surface area contributed by atoms with Crippen LogP contribution in [0.2, 0.25) is 0 Å². The second kappa shape index (κ2) is 8.40. The molecule has 1 aromatic carbocycles. The predicted molar refractivity (Wildman–Crippen MR) is 120 cm³/mol. The standard InChI is InChI=1S/C23H27N3O3S/c1-14-11-19(16(3)25(14)15(2)12-29-4)21(27)13-30-23-24-20-8-6-5-7-18(20)22(28)26(23)17-9-10-17/h5-8,11,15,17H,9-10,12-13H2,1-4H3/t15-/m0/s1. The third kappa shape index (κ3) is 3.84. The molecule has 0 unspecified atom stereocenters. The van der Waals surface area contributed by atoms with Crippen LogP contribution < -0.4 is 5.56 Å². The van der Waals surface area contributed by atoms with E-state index in [-0.39, 0.29) is 29.2 Å². The number of ether oxygens (including phenoxy) is 1. The minimum Gasteiger partial charge on any atom is -0.383 e. The summed E-state index contributed by atoms with van der Waals surface area (Å²) in [5.74, 6) is 0.300. The van der Waals surface area contributed by atoms with E-state index in [9.17, 15) is 9.59 Å². The average molecular weight is 426 g/mol. The van der Waals surface area contributed by atoms with Crippen molar-refractivity contribution in [1.29, 1.82) is 0 Å². The van der Waals surface area contributed by atoms with Gasteiger partial charge in [0, 0.05) is 30.1 Å². The number of Topliss-reactive ketones (excluding diaryl/α,β-unsaturated/α-hetero) is 1. The number of nitrogens with zero attached hydrogens (tertiary/aromatic N) is 3. The van der Waals surface area contributed by atoms with Crippen LogP contribution in [0, 0.1) is 13.8 Å². The summed E-state index contributed by atoms with van der Waals surface area (Å²) in [6.45, 7) is 6.66. The number of benzene rings is 1. The first-order chi connectivity index (χ1) is 14.4. The molecule has 0 N–H and O–H groups in total. The fraction of sp³-hybridized carbons (Fsp3) is 0.435. The lowest BCUT2D eigenvalue weighted by molar-refractivity contribution is 0.102. The average Bonchev–Trinajstić information content (AvgIpc) is 3.50. The topological polar surface area (TPSA) is 66.1 Å². The number of rotatable bonds is 8. The van der Waals surface area contributed by atoms with E-state index >= 15 is 0 Å². The number of carbonyl (C=O) groups is 1. The number of aryl methyl sites for hydroxylation is 1. The molecule has 6 nitrogen and oxygen atoms in total. The quantitative estimate of drug-likeness (QED) is 0.305. The van der Waals surface area contributed by atoms with Crippen molar-refractivity contribution in [2.75, 3.05) is 19.5 Å². The number of hydrogen-bond acceptors (Lipinski definition) is 5. The summed E-state index contributed by atoms with van der Waals surface area (Å²) >= 11 is 1.36. The van der Waals surface area contributed by atoms with Gasteiger partial charge >= 0.3 is 0 Å². The third-order valence-corrected chi connectivity index (χ3v) is 6.61. The van der Waals surface area contributed by atoms with Gasteiger partial charge < -0.3 is 9.30 Å². The Bertz CT molecular complexity index is 1160. The predicted octanol–water partition coefficient (Wildman–Crippen LogP) is 4.33. The van der Waals surface area contributed by atoms with E-state index in [4.69, 9.17) is 9.72 Å². The van der Waals surface area contributed by atoms with Crippen molar-refractivity contribution in [3.05, 3.63) is 57.6 Å². The van der Waals surface area contributed by atoms with Crippen LogP contribution in [0.5, 0.6) is 0 Å². The van der Waals surface area contributed by atoms with Gasteiger partial charge in [-0.1, -0.05) is 23.9 Å². The highest BCUT2D eigenvalue weighted by Gasteiger charge is 2.29. The van der Waals surface area contributed by atoms with E-state index in [1.165, 1.54) is 11.8 Å². The van der Waals surface area contributed by atoms with E-state index in [1.54, 1.807) is 11.7 Å². The smallest absolute Gasteiger partial charge is 0.262 e. The molecule has 30 heavy (non-hydrogen) atoms. The van der Waals surface area contributed by atoms with Crippen molar-refractivity contribution in [3.63, 3.8) is 0 Å². The molecule has 158 valence electrons. The molecule has 2 heterocycles. The molecular weight excluding hydrogens is 398 g/mol. The van der Waals surface area contributed by atoms with Gasteiger partial charge in [-0.25, -0.2) is 4.98 Å². The van der Waals surface area contributed by atoms with Crippen molar-refractivity contribution < 1.29 is 9.53 Å². The van der Waals surface area contributed by atoms with Crippen molar-refractivity contribution >= 4 is 28.4 Å².